The molecule has 1 aromatic carbocycles. The predicted octanol–water partition coefficient (Wildman–Crippen LogP) is 1.43. The molecule has 1 aromatic heterocycles. The molecule has 0 amide bonds. The minimum absolute atomic E-state index is 0.0745. The van der Waals surface area contributed by atoms with E-state index in [9.17, 15) is 0 Å². The van der Waals surface area contributed by atoms with Crippen LogP contribution in [-0.2, 0) is 0 Å². The van der Waals surface area contributed by atoms with E-state index in [0.29, 0.717) is 0 Å². The van der Waals surface area contributed by atoms with Crippen molar-refractivity contribution >= 4 is 23.8 Å². The van der Waals surface area contributed by atoms with Crippen LogP contribution in [0.2, 0.25) is 0 Å². The molecule has 2 rings (SSSR count). The van der Waals surface area contributed by atoms with Crippen molar-refractivity contribution in [1.29, 1.82) is 0 Å². The summed E-state index contributed by atoms with van der Waals surface area (Å²) in [6.45, 7) is 0. The third-order valence-electron chi connectivity index (χ3n) is 1.52. The topological polar surface area (TPSA) is 38.1 Å². The molecule has 0 aliphatic heterocycles. The minimum atomic E-state index is -0.0745. The zero-order valence-corrected chi connectivity index (χ0v) is 6.49. The molecular formula is C7H6N2OS. The summed E-state index contributed by atoms with van der Waals surface area (Å²) in [4.78, 5) is 3.85. The molecule has 0 atom stereocenters. The quantitative estimate of drug-likeness (QED) is 0.581. The number of thiol groups is 1. The molecule has 1 heterocycles. The number of hydrogen-bond donors (Lipinski definition) is 2. The van der Waals surface area contributed by atoms with Crippen molar-refractivity contribution in [2.24, 2.45) is 0 Å². The molecule has 0 radical (unpaired) electrons. The number of nitrogens with zero attached hydrogens (tertiary/aromatic N) is 2. The lowest BCUT2D eigenvalue weighted by Crippen LogP contribution is -1.76. The Morgan fingerprint density at radius 3 is 2.82 bits per heavy atom. The van der Waals surface area contributed by atoms with E-state index < -0.39 is 0 Å². The van der Waals surface area contributed by atoms with E-state index in [-0.39, 0.29) is 6.01 Å². The normalized spacial score (nSPS) is 10.6. The van der Waals surface area contributed by atoms with Crippen molar-refractivity contribution in [3.8, 4) is 6.01 Å². The van der Waals surface area contributed by atoms with Gasteiger partial charge in [0.25, 0.3) is 0 Å². The maximum atomic E-state index is 9.12. The summed E-state index contributed by atoms with van der Waals surface area (Å²) >= 11 is 4.02. The summed E-state index contributed by atoms with van der Waals surface area (Å²) in [6, 6.07) is 7.32. The molecule has 0 saturated heterocycles. The Hall–Kier alpha value is -1.16. The Bertz CT molecular complexity index is 396. The third kappa shape index (κ3) is 0.867. The van der Waals surface area contributed by atoms with E-state index in [4.69, 9.17) is 5.11 Å². The second-order valence-electron chi connectivity index (χ2n) is 2.21. The number of benzene rings is 1. The van der Waals surface area contributed by atoms with Gasteiger partial charge in [0.15, 0.2) is 0 Å². The molecule has 0 spiro atoms. The molecule has 3 nitrogen and oxygen atoms in total. The molecule has 11 heavy (non-hydrogen) atoms. The van der Waals surface area contributed by atoms with Gasteiger partial charge >= 0.3 is 6.01 Å². The second kappa shape index (κ2) is 2.17. The molecular weight excluding hydrogens is 160 g/mol. The fraction of sp³-hybridized carbons (Fsp3) is 0. The van der Waals surface area contributed by atoms with E-state index in [0.717, 1.165) is 11.0 Å². The van der Waals surface area contributed by atoms with Gasteiger partial charge in [-0.05, 0) is 12.1 Å². The largest absolute Gasteiger partial charge is 0.480 e. The lowest BCUT2D eigenvalue weighted by molar-refractivity contribution is 0.434. The zero-order chi connectivity index (χ0) is 7.84. The average Bonchev–Trinajstić information content (AvgIpc) is 2.30. The number of hydrogen-bond acceptors (Lipinski definition) is 3. The summed E-state index contributed by atoms with van der Waals surface area (Å²) in [5.41, 5.74) is 1.56. The number of para-hydroxylation sites is 2. The highest BCUT2D eigenvalue weighted by Gasteiger charge is 2.03. The summed E-state index contributed by atoms with van der Waals surface area (Å²) < 4.78 is 1.34. The predicted molar refractivity (Wildman–Crippen MR) is 45.8 cm³/mol. The molecule has 2 aromatic rings. The summed E-state index contributed by atoms with van der Waals surface area (Å²) in [6.07, 6.45) is 0. The lowest BCUT2D eigenvalue weighted by atomic mass is 10.3. The van der Waals surface area contributed by atoms with E-state index in [1.165, 1.54) is 3.97 Å². The SMILES string of the molecule is Oc1nc2ccccc2n1S. The number of aromatic hydroxyl groups is 1. The van der Waals surface area contributed by atoms with E-state index >= 15 is 0 Å². The molecule has 0 saturated carbocycles. The number of rotatable bonds is 0. The van der Waals surface area contributed by atoms with Crippen molar-refractivity contribution in [3.05, 3.63) is 24.3 Å². The van der Waals surface area contributed by atoms with Crippen LogP contribution in [0.4, 0.5) is 0 Å². The Morgan fingerprint density at radius 1 is 1.36 bits per heavy atom. The second-order valence-corrected chi connectivity index (χ2v) is 2.61. The van der Waals surface area contributed by atoms with Gasteiger partial charge in [-0.1, -0.05) is 24.9 Å². The first-order valence-electron chi connectivity index (χ1n) is 3.15. The van der Waals surface area contributed by atoms with Gasteiger partial charge in [-0.3, -0.25) is 0 Å². The first-order chi connectivity index (χ1) is 5.29. The third-order valence-corrected chi connectivity index (χ3v) is 1.91. The lowest BCUT2D eigenvalue weighted by Gasteiger charge is -1.90. The van der Waals surface area contributed by atoms with Crippen LogP contribution in [0.1, 0.15) is 0 Å². The van der Waals surface area contributed by atoms with Crippen LogP contribution in [0.5, 0.6) is 6.01 Å². The molecule has 4 heteroatoms. The van der Waals surface area contributed by atoms with Gasteiger partial charge in [0, 0.05) is 0 Å². The van der Waals surface area contributed by atoms with Gasteiger partial charge in [0.1, 0.15) is 0 Å². The standard InChI is InChI=1S/C7H6N2OS/c10-7-8-5-3-1-2-4-6(5)9(7)11/h1-4,11H,(H,8,10). The molecule has 0 aliphatic carbocycles. The van der Waals surface area contributed by atoms with Crippen LogP contribution in [0.15, 0.2) is 24.3 Å². The van der Waals surface area contributed by atoms with E-state index in [2.05, 4.69) is 17.8 Å². The number of aromatic nitrogens is 2. The Kier molecular flexibility index (Phi) is 1.29. The van der Waals surface area contributed by atoms with Crippen molar-refractivity contribution in [2.75, 3.05) is 0 Å². The average molecular weight is 166 g/mol. The summed E-state index contributed by atoms with van der Waals surface area (Å²) in [7, 11) is 0. The van der Waals surface area contributed by atoms with Gasteiger partial charge in [-0.25, -0.2) is 3.97 Å². The maximum Gasteiger partial charge on any atom is 0.305 e. The van der Waals surface area contributed by atoms with Crippen LogP contribution in [-0.4, -0.2) is 14.1 Å². The van der Waals surface area contributed by atoms with Crippen molar-refractivity contribution in [1.82, 2.24) is 8.96 Å². The van der Waals surface area contributed by atoms with Crippen LogP contribution in [0.25, 0.3) is 11.0 Å². The van der Waals surface area contributed by atoms with Gasteiger partial charge in [-0.2, -0.15) is 4.98 Å². The minimum Gasteiger partial charge on any atom is -0.480 e. The highest BCUT2D eigenvalue weighted by atomic mass is 32.1. The van der Waals surface area contributed by atoms with Crippen LogP contribution in [0.3, 0.4) is 0 Å². The first kappa shape index (κ1) is 6.54. The number of imidazole rings is 1. The molecule has 56 valence electrons. The maximum absolute atomic E-state index is 9.12. The van der Waals surface area contributed by atoms with Crippen molar-refractivity contribution in [2.45, 2.75) is 0 Å². The fourth-order valence-corrected chi connectivity index (χ4v) is 1.21. The van der Waals surface area contributed by atoms with E-state index in [1.54, 1.807) is 0 Å². The van der Waals surface area contributed by atoms with Gasteiger partial charge < -0.3 is 5.11 Å². The van der Waals surface area contributed by atoms with Gasteiger partial charge in [-0.15, -0.1) is 0 Å². The van der Waals surface area contributed by atoms with Crippen LogP contribution >= 0.6 is 12.8 Å². The Labute approximate surface area is 68.8 Å². The molecule has 0 unspecified atom stereocenters. The zero-order valence-electron chi connectivity index (χ0n) is 5.60. The Morgan fingerprint density at radius 2 is 2.09 bits per heavy atom. The molecule has 0 bridgehead atoms. The fourth-order valence-electron chi connectivity index (χ4n) is 1.00. The highest BCUT2D eigenvalue weighted by Crippen LogP contribution is 2.20. The highest BCUT2D eigenvalue weighted by molar-refractivity contribution is 7.78. The summed E-state index contributed by atoms with van der Waals surface area (Å²) in [5, 5.41) is 9.12. The first-order valence-corrected chi connectivity index (χ1v) is 3.55. The van der Waals surface area contributed by atoms with Gasteiger partial charge in [0.2, 0.25) is 0 Å². The van der Waals surface area contributed by atoms with E-state index in [1.807, 2.05) is 24.3 Å². The molecule has 0 fully saturated rings. The smallest absolute Gasteiger partial charge is 0.305 e. The number of fused-ring (bicyclic) bond motifs is 1. The molecule has 0 aliphatic rings. The van der Waals surface area contributed by atoms with Crippen LogP contribution in [0, 0.1) is 0 Å². The molecule has 1 N–H and O–H groups in total. The van der Waals surface area contributed by atoms with Gasteiger partial charge in [0.05, 0.1) is 11.0 Å². The Balaban J connectivity index is 2.92. The summed E-state index contributed by atoms with van der Waals surface area (Å²) in [5.74, 6) is 0. The van der Waals surface area contributed by atoms with Crippen molar-refractivity contribution in [3.63, 3.8) is 0 Å². The monoisotopic (exact) mass is 166 g/mol. The van der Waals surface area contributed by atoms with Crippen molar-refractivity contribution < 1.29 is 5.11 Å². The van der Waals surface area contributed by atoms with Crippen LogP contribution < -0.4 is 0 Å².